The van der Waals surface area contributed by atoms with Gasteiger partial charge in [-0.25, -0.2) is 8.42 Å². The molecule has 2 heterocycles. The van der Waals surface area contributed by atoms with Gasteiger partial charge in [-0.1, -0.05) is 48.0 Å². The second-order valence-corrected chi connectivity index (χ2v) is 10.9. The van der Waals surface area contributed by atoms with Crippen LogP contribution in [0.1, 0.15) is 29.6 Å². The Bertz CT molecular complexity index is 1300. The van der Waals surface area contributed by atoms with Crippen LogP contribution in [0, 0.1) is 0 Å². The number of piperidine rings is 1. The number of para-hydroxylation sites is 1. The highest BCUT2D eigenvalue weighted by molar-refractivity contribution is 7.99. The minimum Gasteiger partial charge on any atom is -0.411 e. The number of halogens is 1. The highest BCUT2D eigenvalue weighted by Crippen LogP contribution is 2.31. The van der Waals surface area contributed by atoms with Gasteiger partial charge in [0, 0.05) is 24.4 Å². The number of nitrogens with zero attached hydrogens (tertiary/aromatic N) is 3. The minimum atomic E-state index is -3.80. The van der Waals surface area contributed by atoms with E-state index in [4.69, 9.17) is 16.0 Å². The summed E-state index contributed by atoms with van der Waals surface area (Å²) in [6.07, 6.45) is 4.33. The van der Waals surface area contributed by atoms with E-state index in [1.54, 1.807) is 30.3 Å². The highest BCUT2D eigenvalue weighted by atomic mass is 35.5. The lowest BCUT2D eigenvalue weighted by Crippen LogP contribution is -2.35. The maximum atomic E-state index is 13.1. The van der Waals surface area contributed by atoms with Crippen molar-refractivity contribution in [3.8, 4) is 11.5 Å². The van der Waals surface area contributed by atoms with Crippen molar-refractivity contribution >= 4 is 45.0 Å². The molecule has 0 aliphatic carbocycles. The molecule has 1 aromatic heterocycles. The van der Waals surface area contributed by atoms with Crippen molar-refractivity contribution in [1.29, 1.82) is 0 Å². The van der Waals surface area contributed by atoms with Crippen LogP contribution < -0.4 is 5.32 Å². The van der Waals surface area contributed by atoms with Crippen molar-refractivity contribution < 1.29 is 17.6 Å². The van der Waals surface area contributed by atoms with Crippen LogP contribution >= 0.6 is 23.4 Å². The number of sulfonamides is 1. The highest BCUT2D eigenvalue weighted by Gasteiger charge is 2.29. The summed E-state index contributed by atoms with van der Waals surface area (Å²) in [5, 5.41) is 11.4. The molecule has 1 saturated heterocycles. The molecule has 178 valence electrons. The van der Waals surface area contributed by atoms with E-state index < -0.39 is 15.9 Å². The molecule has 11 heteroatoms. The number of hydrogen-bond donors (Lipinski definition) is 1. The molecule has 0 spiro atoms. The average molecular weight is 519 g/mol. The van der Waals surface area contributed by atoms with E-state index in [9.17, 15) is 13.2 Å². The van der Waals surface area contributed by atoms with Crippen molar-refractivity contribution in [1.82, 2.24) is 14.5 Å². The van der Waals surface area contributed by atoms with Crippen LogP contribution in [0.3, 0.4) is 0 Å². The first kappa shape index (κ1) is 24.5. The molecule has 4 rings (SSSR count). The van der Waals surface area contributed by atoms with E-state index in [2.05, 4.69) is 22.1 Å². The van der Waals surface area contributed by atoms with Crippen LogP contribution in [0.5, 0.6) is 0 Å². The van der Waals surface area contributed by atoms with Gasteiger partial charge in [0.25, 0.3) is 17.0 Å². The quantitative estimate of drug-likeness (QED) is 0.327. The maximum Gasteiger partial charge on any atom is 0.277 e. The summed E-state index contributed by atoms with van der Waals surface area (Å²) >= 11 is 7.59. The Morgan fingerprint density at radius 2 is 1.94 bits per heavy atom. The largest absolute Gasteiger partial charge is 0.411 e. The van der Waals surface area contributed by atoms with Crippen molar-refractivity contribution in [3.63, 3.8) is 0 Å². The predicted octanol–water partition coefficient (Wildman–Crippen LogP) is 5.10. The molecule has 2 aromatic carbocycles. The van der Waals surface area contributed by atoms with Gasteiger partial charge in [-0.2, -0.15) is 4.31 Å². The number of thioether (sulfide) groups is 1. The normalized spacial score (nSPS) is 14.6. The Hall–Kier alpha value is -2.66. The number of nitrogens with one attached hydrogen (secondary N) is 1. The van der Waals surface area contributed by atoms with Gasteiger partial charge in [0.15, 0.2) is 0 Å². The summed E-state index contributed by atoms with van der Waals surface area (Å²) in [6.45, 7) is 4.55. The number of anilines is 1. The van der Waals surface area contributed by atoms with Gasteiger partial charge >= 0.3 is 0 Å². The zero-order valence-electron chi connectivity index (χ0n) is 18.2. The van der Waals surface area contributed by atoms with Gasteiger partial charge in [-0.15, -0.1) is 16.8 Å². The molecular weight excluding hydrogens is 496 g/mol. The monoisotopic (exact) mass is 518 g/mol. The lowest BCUT2D eigenvalue weighted by atomic mass is 10.1. The first-order chi connectivity index (χ1) is 16.4. The SMILES string of the molecule is C=CCSc1nnc(-c2ccccc2NC(=O)c2ccc(Cl)c(S(=O)(=O)N3CCCCC3)c2)o1. The number of carbonyl (C=O) groups excluding carboxylic acids is 1. The smallest absolute Gasteiger partial charge is 0.277 e. The van der Waals surface area contributed by atoms with Crippen LogP contribution in [0.4, 0.5) is 5.69 Å². The van der Waals surface area contributed by atoms with Gasteiger partial charge in [-0.3, -0.25) is 4.79 Å². The first-order valence-electron chi connectivity index (χ1n) is 10.7. The third-order valence-corrected chi connectivity index (χ3v) is 8.46. The standard InChI is InChI=1S/C23H23ClN4O4S2/c1-2-14-33-23-27-26-22(32-23)17-8-4-5-9-19(17)25-21(29)16-10-11-18(24)20(15-16)34(30,31)28-12-6-3-7-13-28/h2,4-5,8-11,15H,1,3,6-7,12-14H2,(H,25,29). The van der Waals surface area contributed by atoms with E-state index in [1.807, 2.05) is 0 Å². The summed E-state index contributed by atoms with van der Waals surface area (Å²) in [5.74, 6) is 0.395. The third-order valence-electron chi connectivity index (χ3n) is 5.26. The van der Waals surface area contributed by atoms with E-state index >= 15 is 0 Å². The molecule has 0 bridgehead atoms. The summed E-state index contributed by atoms with van der Waals surface area (Å²) in [7, 11) is -3.80. The topological polar surface area (TPSA) is 105 Å². The fourth-order valence-electron chi connectivity index (χ4n) is 3.57. The Labute approximate surface area is 207 Å². The van der Waals surface area contributed by atoms with Gasteiger partial charge in [0.1, 0.15) is 4.90 Å². The molecule has 0 atom stereocenters. The Morgan fingerprint density at radius 1 is 1.18 bits per heavy atom. The first-order valence-corrected chi connectivity index (χ1v) is 13.5. The van der Waals surface area contributed by atoms with E-state index in [0.29, 0.717) is 35.3 Å². The van der Waals surface area contributed by atoms with E-state index in [1.165, 1.54) is 34.3 Å². The lowest BCUT2D eigenvalue weighted by molar-refractivity contribution is 0.102. The number of amides is 1. The molecule has 0 unspecified atom stereocenters. The Morgan fingerprint density at radius 3 is 2.71 bits per heavy atom. The van der Waals surface area contributed by atoms with Gasteiger partial charge in [0.2, 0.25) is 10.0 Å². The van der Waals surface area contributed by atoms with Crippen molar-refractivity contribution in [2.45, 2.75) is 29.4 Å². The lowest BCUT2D eigenvalue weighted by Gasteiger charge is -2.26. The molecule has 34 heavy (non-hydrogen) atoms. The number of carbonyl (C=O) groups is 1. The van der Waals surface area contributed by atoms with Crippen molar-refractivity contribution in [2.75, 3.05) is 24.2 Å². The predicted molar refractivity (Wildman–Crippen MR) is 133 cm³/mol. The fourth-order valence-corrected chi connectivity index (χ4v) is 6.08. The number of hydrogen-bond acceptors (Lipinski definition) is 7. The molecule has 1 amide bonds. The van der Waals surface area contributed by atoms with Crippen LogP contribution in [-0.4, -0.2) is 47.7 Å². The van der Waals surface area contributed by atoms with Crippen LogP contribution in [0.2, 0.25) is 5.02 Å². The van der Waals surface area contributed by atoms with E-state index in [0.717, 1.165) is 19.3 Å². The second-order valence-electron chi connectivity index (χ2n) is 7.58. The molecule has 1 fully saturated rings. The third kappa shape index (κ3) is 5.35. The number of aromatic nitrogens is 2. The number of rotatable bonds is 8. The zero-order chi connectivity index (χ0) is 24.1. The molecule has 8 nitrogen and oxygen atoms in total. The fraction of sp³-hybridized carbons (Fsp3) is 0.261. The zero-order valence-corrected chi connectivity index (χ0v) is 20.6. The Balaban J connectivity index is 1.59. The molecule has 3 aromatic rings. The molecule has 1 aliphatic rings. The van der Waals surface area contributed by atoms with Gasteiger partial charge < -0.3 is 9.73 Å². The molecule has 1 aliphatic heterocycles. The average Bonchev–Trinajstić information content (AvgIpc) is 3.32. The Kier molecular flexibility index (Phi) is 7.72. The van der Waals surface area contributed by atoms with Gasteiger partial charge in [-0.05, 0) is 43.2 Å². The van der Waals surface area contributed by atoms with Crippen LogP contribution in [-0.2, 0) is 10.0 Å². The molecule has 1 N–H and O–H groups in total. The second kappa shape index (κ2) is 10.7. The van der Waals surface area contributed by atoms with Gasteiger partial charge in [0.05, 0.1) is 16.3 Å². The van der Waals surface area contributed by atoms with Crippen molar-refractivity contribution in [2.24, 2.45) is 0 Å². The van der Waals surface area contributed by atoms with E-state index in [-0.39, 0.29) is 21.4 Å². The molecule has 0 saturated carbocycles. The summed E-state index contributed by atoms with van der Waals surface area (Å²) in [6, 6.07) is 11.2. The van der Waals surface area contributed by atoms with Crippen LogP contribution in [0.15, 0.2) is 69.7 Å². The summed E-state index contributed by atoms with van der Waals surface area (Å²) in [4.78, 5) is 13.0. The van der Waals surface area contributed by atoms with Crippen LogP contribution in [0.25, 0.3) is 11.5 Å². The minimum absolute atomic E-state index is 0.0715. The molecular formula is C23H23ClN4O4S2. The summed E-state index contributed by atoms with van der Waals surface area (Å²) in [5.41, 5.74) is 1.17. The molecule has 0 radical (unpaired) electrons. The van der Waals surface area contributed by atoms with Crippen molar-refractivity contribution in [3.05, 3.63) is 65.7 Å². The number of benzene rings is 2. The summed E-state index contributed by atoms with van der Waals surface area (Å²) < 4.78 is 33.4. The maximum absolute atomic E-state index is 13.1.